The van der Waals surface area contributed by atoms with Gasteiger partial charge in [-0.1, -0.05) is 152 Å². The largest absolute Gasteiger partial charge is 0.310 e. The predicted molar refractivity (Wildman–Crippen MR) is 327 cm³/mol. The molecule has 0 aliphatic heterocycles. The van der Waals surface area contributed by atoms with E-state index in [2.05, 4.69) is 172 Å². The van der Waals surface area contributed by atoms with E-state index in [0.717, 1.165) is 112 Å². The zero-order chi connectivity index (χ0) is 54.7. The number of para-hydroxylation sites is 2. The van der Waals surface area contributed by atoms with Crippen molar-refractivity contribution in [1.82, 2.24) is 14.5 Å². The summed E-state index contributed by atoms with van der Waals surface area (Å²) >= 11 is 0. The molecule has 2 aromatic heterocycles. The molecule has 0 radical (unpaired) electrons. The summed E-state index contributed by atoms with van der Waals surface area (Å²) in [6, 6.07) is 101. The van der Waals surface area contributed by atoms with Gasteiger partial charge in [-0.25, -0.2) is 9.97 Å². The van der Waals surface area contributed by atoms with E-state index < -0.39 is 0 Å². The van der Waals surface area contributed by atoms with Crippen LogP contribution in [0, 0.1) is 34.0 Å². The van der Waals surface area contributed by atoms with Gasteiger partial charge in [0.25, 0.3) is 0 Å². The van der Waals surface area contributed by atoms with E-state index in [1.54, 1.807) is 0 Å². The minimum absolute atomic E-state index is 0.529. The molecule has 8 nitrogen and oxygen atoms in total. The topological polar surface area (TPSA) is 109 Å². The van der Waals surface area contributed by atoms with Crippen molar-refractivity contribution in [3.05, 3.63) is 296 Å². The van der Waals surface area contributed by atoms with Crippen LogP contribution >= 0.6 is 0 Å². The third-order valence-corrected chi connectivity index (χ3v) is 14.7. The van der Waals surface area contributed by atoms with Gasteiger partial charge in [-0.2, -0.15) is 15.8 Å². The predicted octanol–water partition coefficient (Wildman–Crippen LogP) is 18.5. The van der Waals surface area contributed by atoms with Gasteiger partial charge in [0.2, 0.25) is 0 Å². The molecule has 378 valence electrons. The van der Waals surface area contributed by atoms with Crippen LogP contribution in [-0.4, -0.2) is 14.5 Å². The lowest BCUT2D eigenvalue weighted by molar-refractivity contribution is 1.17. The molecule has 81 heavy (non-hydrogen) atoms. The molecular formula is C73H46N8. The zero-order valence-corrected chi connectivity index (χ0v) is 43.6. The molecule has 0 saturated carbocycles. The monoisotopic (exact) mass is 1030 g/mol. The van der Waals surface area contributed by atoms with Gasteiger partial charge in [0.05, 0.1) is 56.9 Å². The molecule has 0 saturated heterocycles. The molecule has 0 bridgehead atoms. The molecule has 13 aromatic rings. The van der Waals surface area contributed by atoms with Crippen molar-refractivity contribution < 1.29 is 0 Å². The number of aromatic nitrogens is 3. The van der Waals surface area contributed by atoms with Gasteiger partial charge in [-0.15, -0.1) is 0 Å². The Labute approximate surface area is 469 Å². The summed E-state index contributed by atoms with van der Waals surface area (Å²) in [6.45, 7) is 0. The maximum Gasteiger partial charge on any atom is 0.160 e. The highest BCUT2D eigenvalue weighted by Crippen LogP contribution is 2.44. The Balaban J connectivity index is 0.881. The van der Waals surface area contributed by atoms with E-state index in [1.165, 1.54) is 0 Å². The van der Waals surface area contributed by atoms with Gasteiger partial charge < -0.3 is 14.4 Å². The minimum Gasteiger partial charge on any atom is -0.310 e. The van der Waals surface area contributed by atoms with Crippen LogP contribution in [0.15, 0.2) is 279 Å². The van der Waals surface area contributed by atoms with Crippen LogP contribution < -0.4 is 9.80 Å². The SMILES string of the molecule is N#Cc1ccc(N(c2ccc(C#N)cc2)c2ccc3c(c2)c2cc(N(c4ccccc4)c4ccccc4)ccc2n3-c2ccc(-c3ccc(-c4ccc(-c5cc(-c6ccccc6)nc(-c6ccccc6)n5)cc4)cc3)cc2C#N)cc1. The summed E-state index contributed by atoms with van der Waals surface area (Å²) in [5, 5.41) is 32.4. The third-order valence-electron chi connectivity index (χ3n) is 14.7. The van der Waals surface area contributed by atoms with Gasteiger partial charge in [-0.3, -0.25) is 0 Å². The van der Waals surface area contributed by atoms with Gasteiger partial charge >= 0.3 is 0 Å². The molecule has 0 aliphatic rings. The molecule has 0 unspecified atom stereocenters. The van der Waals surface area contributed by atoms with Gasteiger partial charge in [0.1, 0.15) is 6.07 Å². The number of rotatable bonds is 12. The summed E-state index contributed by atoms with van der Waals surface area (Å²) in [5.41, 5.74) is 18.6. The lowest BCUT2D eigenvalue weighted by atomic mass is 9.97. The number of hydrogen-bond donors (Lipinski definition) is 0. The van der Waals surface area contributed by atoms with Gasteiger partial charge in [0, 0.05) is 61.6 Å². The molecule has 13 rings (SSSR count). The Morgan fingerprint density at radius 1 is 0.296 bits per heavy atom. The van der Waals surface area contributed by atoms with Crippen molar-refractivity contribution in [3.8, 4) is 80.1 Å². The fourth-order valence-corrected chi connectivity index (χ4v) is 10.7. The van der Waals surface area contributed by atoms with Crippen LogP contribution in [0.5, 0.6) is 0 Å². The number of nitriles is 3. The summed E-state index contributed by atoms with van der Waals surface area (Å²) in [7, 11) is 0. The van der Waals surface area contributed by atoms with Crippen molar-refractivity contribution in [2.75, 3.05) is 9.80 Å². The van der Waals surface area contributed by atoms with Crippen LogP contribution in [0.4, 0.5) is 34.1 Å². The van der Waals surface area contributed by atoms with E-state index in [0.29, 0.717) is 22.5 Å². The van der Waals surface area contributed by atoms with E-state index in [9.17, 15) is 15.8 Å². The van der Waals surface area contributed by atoms with E-state index in [-0.39, 0.29) is 0 Å². The van der Waals surface area contributed by atoms with Crippen molar-refractivity contribution in [2.45, 2.75) is 0 Å². The molecule has 2 heterocycles. The highest BCUT2D eigenvalue weighted by molar-refractivity contribution is 6.12. The lowest BCUT2D eigenvalue weighted by Crippen LogP contribution is -2.10. The molecule has 0 atom stereocenters. The Kier molecular flexibility index (Phi) is 12.9. The van der Waals surface area contributed by atoms with Crippen molar-refractivity contribution in [1.29, 1.82) is 15.8 Å². The minimum atomic E-state index is 0.529. The Morgan fingerprint density at radius 2 is 0.667 bits per heavy atom. The molecule has 0 N–H and O–H groups in total. The Bertz CT molecular complexity index is 4400. The Hall–Kier alpha value is -11.6. The summed E-state index contributed by atoms with van der Waals surface area (Å²) in [5.74, 6) is 0.678. The summed E-state index contributed by atoms with van der Waals surface area (Å²) < 4.78 is 2.20. The number of benzene rings is 11. The highest BCUT2D eigenvalue weighted by Gasteiger charge is 2.22. The first-order valence-electron chi connectivity index (χ1n) is 26.5. The second-order valence-electron chi connectivity index (χ2n) is 19.6. The average Bonchev–Trinajstić information content (AvgIpc) is 4.07. The van der Waals surface area contributed by atoms with Crippen LogP contribution in [0.3, 0.4) is 0 Å². The van der Waals surface area contributed by atoms with Crippen LogP contribution in [-0.2, 0) is 0 Å². The summed E-state index contributed by atoms with van der Waals surface area (Å²) in [4.78, 5) is 14.4. The van der Waals surface area contributed by atoms with Crippen molar-refractivity contribution in [3.63, 3.8) is 0 Å². The first-order chi connectivity index (χ1) is 40.0. The van der Waals surface area contributed by atoms with E-state index in [4.69, 9.17) is 9.97 Å². The van der Waals surface area contributed by atoms with E-state index in [1.807, 2.05) is 140 Å². The number of anilines is 6. The van der Waals surface area contributed by atoms with Crippen LogP contribution in [0.25, 0.3) is 83.6 Å². The normalized spacial score (nSPS) is 10.9. The molecular weight excluding hydrogens is 989 g/mol. The first-order valence-corrected chi connectivity index (χ1v) is 26.5. The smallest absolute Gasteiger partial charge is 0.160 e. The lowest BCUT2D eigenvalue weighted by Gasteiger charge is -2.26. The van der Waals surface area contributed by atoms with Crippen LogP contribution in [0.1, 0.15) is 16.7 Å². The maximum atomic E-state index is 11.1. The molecule has 0 fully saturated rings. The highest BCUT2D eigenvalue weighted by atomic mass is 15.1. The average molecular weight is 1040 g/mol. The fraction of sp³-hybridized carbons (Fsp3) is 0. The number of nitrogens with zero attached hydrogens (tertiary/aromatic N) is 8. The second-order valence-corrected chi connectivity index (χ2v) is 19.6. The molecule has 8 heteroatoms. The van der Waals surface area contributed by atoms with Crippen LogP contribution in [0.2, 0.25) is 0 Å². The molecule has 0 spiro atoms. The fourth-order valence-electron chi connectivity index (χ4n) is 10.7. The quantitative estimate of drug-likeness (QED) is 0.120. The summed E-state index contributed by atoms with van der Waals surface area (Å²) in [6.07, 6.45) is 0. The molecule has 0 amide bonds. The third kappa shape index (κ3) is 9.57. The number of hydrogen-bond acceptors (Lipinski definition) is 7. The number of fused-ring (bicyclic) bond motifs is 3. The first kappa shape index (κ1) is 49.0. The van der Waals surface area contributed by atoms with E-state index >= 15 is 0 Å². The zero-order valence-electron chi connectivity index (χ0n) is 43.6. The Morgan fingerprint density at radius 3 is 1.11 bits per heavy atom. The standard InChI is InChI=1S/C73H46N8/c74-47-50-21-34-62(35-22-50)80(63-36-23-51(48-75)24-37-63)65-39-42-72-67(45-65)66-44-64(79(60-17-9-3-10-18-60)61-19-11-4-12-20-61)38-41-71(66)81(72)70-40-33-58(43-59(70)49-76)54-27-25-52(26-28-54)53-29-31-56(32-30-53)69-46-68(55-13-5-1-6-14-55)77-73(78-69)57-15-7-2-8-16-57/h1-46H. The van der Waals surface area contributed by atoms with Gasteiger partial charge in [-0.05, 0) is 150 Å². The van der Waals surface area contributed by atoms with Gasteiger partial charge in [0.15, 0.2) is 5.82 Å². The second kappa shape index (κ2) is 21.4. The van der Waals surface area contributed by atoms with Crippen molar-refractivity contribution >= 4 is 55.9 Å². The maximum absolute atomic E-state index is 11.1. The molecule has 11 aromatic carbocycles. The van der Waals surface area contributed by atoms with Crippen molar-refractivity contribution in [2.24, 2.45) is 0 Å². The molecule has 0 aliphatic carbocycles.